The predicted molar refractivity (Wildman–Crippen MR) is 37.9 cm³/mol. The van der Waals surface area contributed by atoms with E-state index in [2.05, 4.69) is 9.68 Å². The highest BCUT2D eigenvalue weighted by molar-refractivity contribution is 4.63. The molecule has 0 aromatic carbocycles. The molecule has 0 aromatic heterocycles. The first kappa shape index (κ1) is 12.3. The maximum Gasteiger partial charge on any atom is 0.294 e. The molecule has 14 heavy (non-hydrogen) atoms. The van der Waals surface area contributed by atoms with Gasteiger partial charge >= 0.3 is 0 Å². The Balaban J connectivity index is 3.69. The van der Waals surface area contributed by atoms with Crippen molar-refractivity contribution >= 4 is 0 Å². The maximum atomic E-state index is 9.64. The highest BCUT2D eigenvalue weighted by Crippen LogP contribution is 1.96. The second kappa shape index (κ2) is 5.88. The van der Waals surface area contributed by atoms with E-state index < -0.39 is 35.6 Å². The summed E-state index contributed by atoms with van der Waals surface area (Å²) in [6.07, 6.45) is -3.25. The van der Waals surface area contributed by atoms with Gasteiger partial charge in [0.25, 0.3) is 10.2 Å². The van der Waals surface area contributed by atoms with Crippen molar-refractivity contribution in [1.82, 2.24) is 0 Å². The lowest BCUT2D eigenvalue weighted by Crippen LogP contribution is -2.35. The molecule has 2 atom stereocenters. The molecule has 10 heteroatoms. The van der Waals surface area contributed by atoms with E-state index in [1.54, 1.807) is 0 Å². The van der Waals surface area contributed by atoms with Crippen molar-refractivity contribution in [3.63, 3.8) is 0 Å². The standard InChI is InChI=1S/C4H8N2O8/c7-3(1-13-5(9)10)4(8)2-14-6(11)12/h3-4,7-8H,1-2H2. The summed E-state index contributed by atoms with van der Waals surface area (Å²) in [5.41, 5.74) is 0. The van der Waals surface area contributed by atoms with Gasteiger partial charge in [-0.3, -0.25) is 0 Å². The molecular weight excluding hydrogens is 204 g/mol. The second-order valence-electron chi connectivity index (χ2n) is 2.17. The van der Waals surface area contributed by atoms with E-state index in [9.17, 15) is 20.2 Å². The van der Waals surface area contributed by atoms with Crippen LogP contribution in [-0.4, -0.2) is 45.8 Å². The summed E-state index contributed by atoms with van der Waals surface area (Å²) < 4.78 is 0. The minimum absolute atomic E-state index is 0.782. The summed E-state index contributed by atoms with van der Waals surface area (Å²) in [5, 5.41) is 34.8. The predicted octanol–water partition coefficient (Wildman–Crippen LogP) is -1.88. The molecule has 0 amide bonds. The number of aliphatic hydroxyl groups is 2. The fourth-order valence-electron chi connectivity index (χ4n) is 0.497. The molecule has 0 fully saturated rings. The summed E-state index contributed by atoms with van der Waals surface area (Å²) in [6.45, 7) is -1.56. The minimum Gasteiger partial charge on any atom is -0.388 e. The van der Waals surface area contributed by atoms with Gasteiger partial charge < -0.3 is 19.9 Å². The van der Waals surface area contributed by atoms with Crippen molar-refractivity contribution in [2.75, 3.05) is 13.2 Å². The summed E-state index contributed by atoms with van der Waals surface area (Å²) in [4.78, 5) is 26.7. The number of rotatable bonds is 7. The molecule has 2 N–H and O–H groups in total. The Morgan fingerprint density at radius 1 is 1.00 bits per heavy atom. The molecule has 0 spiro atoms. The number of aliphatic hydroxyl groups excluding tert-OH is 2. The molecule has 0 bridgehead atoms. The molecule has 0 heterocycles. The molecule has 10 nitrogen and oxygen atoms in total. The summed E-state index contributed by atoms with van der Waals surface area (Å²) in [7, 11) is 0. The minimum atomic E-state index is -1.62. The van der Waals surface area contributed by atoms with Crippen LogP contribution in [0.3, 0.4) is 0 Å². The van der Waals surface area contributed by atoms with E-state index in [0.29, 0.717) is 0 Å². The summed E-state index contributed by atoms with van der Waals surface area (Å²) in [5.74, 6) is 0. The van der Waals surface area contributed by atoms with Gasteiger partial charge in [-0.25, -0.2) is 0 Å². The average Bonchev–Trinajstić information content (AvgIpc) is 2.09. The van der Waals surface area contributed by atoms with Gasteiger partial charge in [-0.05, 0) is 0 Å². The topological polar surface area (TPSA) is 145 Å². The van der Waals surface area contributed by atoms with Gasteiger partial charge in [-0.1, -0.05) is 0 Å². The van der Waals surface area contributed by atoms with E-state index in [4.69, 9.17) is 10.2 Å². The van der Waals surface area contributed by atoms with Crippen molar-refractivity contribution in [3.05, 3.63) is 20.2 Å². The van der Waals surface area contributed by atoms with Crippen LogP contribution in [0.1, 0.15) is 0 Å². The van der Waals surface area contributed by atoms with Crippen LogP contribution in [0.4, 0.5) is 0 Å². The third-order valence-electron chi connectivity index (χ3n) is 1.15. The lowest BCUT2D eigenvalue weighted by molar-refractivity contribution is -0.763. The van der Waals surface area contributed by atoms with Crippen LogP contribution in [0, 0.1) is 20.2 Å². The average molecular weight is 212 g/mol. The second-order valence-corrected chi connectivity index (χ2v) is 2.17. The Morgan fingerprint density at radius 3 is 1.50 bits per heavy atom. The van der Waals surface area contributed by atoms with E-state index in [-0.39, 0.29) is 0 Å². The van der Waals surface area contributed by atoms with Crippen molar-refractivity contribution < 1.29 is 30.1 Å². The first-order chi connectivity index (χ1) is 6.43. The molecule has 0 aromatic rings. The largest absolute Gasteiger partial charge is 0.388 e. The summed E-state index contributed by atoms with van der Waals surface area (Å²) >= 11 is 0. The lowest BCUT2D eigenvalue weighted by atomic mass is 10.2. The third-order valence-corrected chi connectivity index (χ3v) is 1.15. The van der Waals surface area contributed by atoms with Gasteiger partial charge in [0.15, 0.2) is 0 Å². The Bertz CT molecular complexity index is 186. The van der Waals surface area contributed by atoms with Crippen LogP contribution in [0.25, 0.3) is 0 Å². The van der Waals surface area contributed by atoms with Gasteiger partial charge in [-0.15, -0.1) is 20.2 Å². The molecule has 0 aliphatic carbocycles. The molecule has 82 valence electrons. The summed E-state index contributed by atoms with van der Waals surface area (Å²) in [6, 6.07) is 0. The van der Waals surface area contributed by atoms with E-state index >= 15 is 0 Å². The smallest absolute Gasteiger partial charge is 0.294 e. The molecule has 0 aliphatic rings. The van der Waals surface area contributed by atoms with Gasteiger partial charge in [0, 0.05) is 0 Å². The fourth-order valence-corrected chi connectivity index (χ4v) is 0.497. The molecule has 0 rings (SSSR count). The molecule has 0 saturated carbocycles. The first-order valence-corrected chi connectivity index (χ1v) is 3.34. The van der Waals surface area contributed by atoms with Crippen molar-refractivity contribution in [3.8, 4) is 0 Å². The lowest BCUT2D eigenvalue weighted by Gasteiger charge is -2.14. The van der Waals surface area contributed by atoms with Gasteiger partial charge in [0.1, 0.15) is 25.4 Å². The number of hydrogen-bond donors (Lipinski definition) is 2. The highest BCUT2D eigenvalue weighted by Gasteiger charge is 2.19. The van der Waals surface area contributed by atoms with Gasteiger partial charge in [0.2, 0.25) is 0 Å². The van der Waals surface area contributed by atoms with Crippen LogP contribution in [-0.2, 0) is 9.68 Å². The van der Waals surface area contributed by atoms with E-state index in [1.807, 2.05) is 0 Å². The van der Waals surface area contributed by atoms with Crippen LogP contribution in [0.15, 0.2) is 0 Å². The van der Waals surface area contributed by atoms with Crippen molar-refractivity contribution in [2.45, 2.75) is 12.2 Å². The van der Waals surface area contributed by atoms with Crippen LogP contribution >= 0.6 is 0 Å². The molecular formula is C4H8N2O8. The Labute approximate surface area is 76.9 Å². The monoisotopic (exact) mass is 212 g/mol. The van der Waals surface area contributed by atoms with E-state index in [1.165, 1.54) is 0 Å². The molecule has 0 radical (unpaired) electrons. The highest BCUT2D eigenvalue weighted by atomic mass is 17.0. The van der Waals surface area contributed by atoms with Crippen molar-refractivity contribution in [2.24, 2.45) is 0 Å². The Kier molecular flexibility index (Phi) is 5.17. The Hall–Kier alpha value is -1.68. The van der Waals surface area contributed by atoms with Gasteiger partial charge in [0.05, 0.1) is 0 Å². The zero-order valence-corrected chi connectivity index (χ0v) is 6.81. The SMILES string of the molecule is O=[N+]([O-])OCC(O)C(O)CO[N+](=O)[O-]. The zero-order chi connectivity index (χ0) is 11.1. The maximum absolute atomic E-state index is 9.64. The third kappa shape index (κ3) is 5.91. The van der Waals surface area contributed by atoms with Crippen LogP contribution < -0.4 is 0 Å². The van der Waals surface area contributed by atoms with E-state index in [0.717, 1.165) is 0 Å². The zero-order valence-electron chi connectivity index (χ0n) is 6.81. The van der Waals surface area contributed by atoms with Crippen LogP contribution in [0.5, 0.6) is 0 Å². The van der Waals surface area contributed by atoms with Gasteiger partial charge in [-0.2, -0.15) is 0 Å². The quantitative estimate of drug-likeness (QED) is 0.368. The number of hydrogen-bond acceptors (Lipinski definition) is 8. The van der Waals surface area contributed by atoms with Crippen molar-refractivity contribution in [1.29, 1.82) is 0 Å². The number of nitrogens with zero attached hydrogens (tertiary/aromatic N) is 2. The molecule has 0 aliphatic heterocycles. The normalized spacial score (nSPS) is 14.1. The molecule has 0 saturated heterocycles. The van der Waals surface area contributed by atoms with Crippen LogP contribution in [0.2, 0.25) is 0 Å². The Morgan fingerprint density at radius 2 is 1.29 bits per heavy atom. The fraction of sp³-hybridized carbons (Fsp3) is 1.00. The first-order valence-electron chi connectivity index (χ1n) is 3.34. The molecule has 2 unspecified atom stereocenters.